The highest BCUT2D eigenvalue weighted by molar-refractivity contribution is 6.12. The van der Waals surface area contributed by atoms with Crippen LogP contribution in [0.1, 0.15) is 53.2 Å². The predicted molar refractivity (Wildman–Crippen MR) is 155 cm³/mol. The average Bonchev–Trinajstić information content (AvgIpc) is 2.99. The molecule has 2 aromatic carbocycles. The normalized spacial score (nSPS) is 20.6. The van der Waals surface area contributed by atoms with E-state index in [9.17, 15) is 14.4 Å². The summed E-state index contributed by atoms with van der Waals surface area (Å²) in [6.07, 6.45) is 1.87. The lowest BCUT2D eigenvalue weighted by Gasteiger charge is -2.55. The lowest BCUT2D eigenvalue weighted by molar-refractivity contribution is -0.204. The molecule has 0 radical (unpaired) electrons. The molecule has 3 aliphatic heterocycles. The van der Waals surface area contributed by atoms with Gasteiger partial charge in [0, 0.05) is 68.9 Å². The first-order valence-electron chi connectivity index (χ1n) is 14.3. The van der Waals surface area contributed by atoms with Gasteiger partial charge in [-0.1, -0.05) is 24.0 Å². The summed E-state index contributed by atoms with van der Waals surface area (Å²) >= 11 is 0. The molecule has 2 aromatic rings. The highest BCUT2D eigenvalue weighted by atomic mass is 16.8. The number of ether oxygens (including phenoxy) is 2. The summed E-state index contributed by atoms with van der Waals surface area (Å²) in [6.45, 7) is 6.83. The standard InChI is InChI=1S/C32H38N4O6/c1-31(29(38)33-2,30(39)34-42-27-6-4-5-17-41-27)35(3)28(37)26-15-13-24(14-16-26)8-7-23-9-11-25(12-10-23)18-36-19-32(20-36)21-40-22-32/h9-16,27H,4-6,17-22H2,1-3H3,(H,33,38)(H,34,39)/t27?,31-/m0/s1. The molecule has 5 rings (SSSR count). The number of nitrogens with zero attached hydrogens (tertiary/aromatic N) is 2. The maximum absolute atomic E-state index is 13.4. The van der Waals surface area contributed by atoms with Crippen LogP contribution in [-0.2, 0) is 30.4 Å². The van der Waals surface area contributed by atoms with E-state index in [4.69, 9.17) is 14.3 Å². The van der Waals surface area contributed by atoms with Gasteiger partial charge in [0.25, 0.3) is 17.7 Å². The lowest BCUT2D eigenvalue weighted by Crippen LogP contribution is -2.65. The Balaban J connectivity index is 1.18. The highest BCUT2D eigenvalue weighted by Crippen LogP contribution is 2.38. The molecule has 3 fully saturated rings. The molecule has 0 bridgehead atoms. The number of rotatable bonds is 8. The minimum Gasteiger partial charge on any atom is -0.380 e. The number of carbonyl (C=O) groups is 3. The van der Waals surface area contributed by atoms with Crippen molar-refractivity contribution in [2.24, 2.45) is 5.41 Å². The second-order valence-electron chi connectivity index (χ2n) is 11.5. The summed E-state index contributed by atoms with van der Waals surface area (Å²) in [5.74, 6) is 4.37. The van der Waals surface area contributed by atoms with Gasteiger partial charge in [0.1, 0.15) is 0 Å². The molecule has 42 heavy (non-hydrogen) atoms. The zero-order valence-electron chi connectivity index (χ0n) is 24.4. The summed E-state index contributed by atoms with van der Waals surface area (Å²) in [6, 6.07) is 15.0. The van der Waals surface area contributed by atoms with Gasteiger partial charge in [-0.05, 0) is 61.7 Å². The van der Waals surface area contributed by atoms with Gasteiger partial charge in [0.15, 0.2) is 11.8 Å². The maximum atomic E-state index is 13.4. The maximum Gasteiger partial charge on any atom is 0.279 e. The fourth-order valence-electron chi connectivity index (χ4n) is 5.45. The van der Waals surface area contributed by atoms with Gasteiger partial charge in [0.05, 0.1) is 13.2 Å². The fraction of sp³-hybridized carbons (Fsp3) is 0.469. The van der Waals surface area contributed by atoms with Crippen LogP contribution in [0.15, 0.2) is 48.5 Å². The number of hydrogen-bond acceptors (Lipinski definition) is 7. The van der Waals surface area contributed by atoms with Gasteiger partial charge in [-0.15, -0.1) is 0 Å². The molecule has 3 aliphatic rings. The smallest absolute Gasteiger partial charge is 0.279 e. The van der Waals surface area contributed by atoms with Crippen molar-refractivity contribution < 1.29 is 28.7 Å². The highest BCUT2D eigenvalue weighted by Gasteiger charge is 2.49. The van der Waals surface area contributed by atoms with Gasteiger partial charge in [0.2, 0.25) is 0 Å². The zero-order chi connectivity index (χ0) is 29.7. The molecule has 2 N–H and O–H groups in total. The van der Waals surface area contributed by atoms with Crippen molar-refractivity contribution in [2.45, 2.75) is 44.6 Å². The largest absolute Gasteiger partial charge is 0.380 e. The van der Waals surface area contributed by atoms with Crippen LogP contribution < -0.4 is 10.8 Å². The summed E-state index contributed by atoms with van der Waals surface area (Å²) < 4.78 is 10.8. The first kappa shape index (κ1) is 29.7. The van der Waals surface area contributed by atoms with E-state index in [0.29, 0.717) is 24.0 Å². The monoisotopic (exact) mass is 574 g/mol. The summed E-state index contributed by atoms with van der Waals surface area (Å²) in [4.78, 5) is 48.2. The molecule has 3 saturated heterocycles. The van der Waals surface area contributed by atoms with Crippen molar-refractivity contribution >= 4 is 17.7 Å². The van der Waals surface area contributed by atoms with Crippen LogP contribution in [0, 0.1) is 17.3 Å². The Morgan fingerprint density at radius 3 is 2.21 bits per heavy atom. The summed E-state index contributed by atoms with van der Waals surface area (Å²) in [7, 11) is 2.82. The second kappa shape index (κ2) is 12.6. The van der Waals surface area contributed by atoms with Crippen LogP contribution in [0.5, 0.6) is 0 Å². The number of hydroxylamine groups is 1. The number of likely N-dealkylation sites (N-methyl/N-ethyl adjacent to an activating group) is 2. The Hall–Kier alpha value is -3.75. The van der Waals surface area contributed by atoms with E-state index in [2.05, 4.69) is 39.7 Å². The first-order chi connectivity index (χ1) is 20.2. The molecular weight excluding hydrogens is 536 g/mol. The Morgan fingerprint density at radius 1 is 1.02 bits per heavy atom. The lowest BCUT2D eigenvalue weighted by atomic mass is 9.78. The third-order valence-electron chi connectivity index (χ3n) is 8.29. The third kappa shape index (κ3) is 6.35. The van der Waals surface area contributed by atoms with Gasteiger partial charge < -0.3 is 19.7 Å². The minimum absolute atomic E-state index is 0.313. The molecule has 3 amide bonds. The van der Waals surface area contributed by atoms with Crippen molar-refractivity contribution in [1.29, 1.82) is 0 Å². The number of likely N-dealkylation sites (tertiary alicyclic amines) is 1. The van der Waals surface area contributed by atoms with E-state index in [0.717, 1.165) is 61.7 Å². The van der Waals surface area contributed by atoms with Crippen molar-refractivity contribution in [2.75, 3.05) is 47.0 Å². The Labute approximate surface area is 246 Å². The molecule has 10 heteroatoms. The van der Waals surface area contributed by atoms with Crippen LogP contribution >= 0.6 is 0 Å². The summed E-state index contributed by atoms with van der Waals surface area (Å²) in [5, 5.41) is 2.47. The Morgan fingerprint density at radius 2 is 1.67 bits per heavy atom. The van der Waals surface area contributed by atoms with Crippen LogP contribution in [0.25, 0.3) is 0 Å². The van der Waals surface area contributed by atoms with Gasteiger partial charge in [-0.2, -0.15) is 0 Å². The van der Waals surface area contributed by atoms with Gasteiger partial charge >= 0.3 is 0 Å². The number of carbonyl (C=O) groups excluding carboxylic acids is 3. The van der Waals surface area contributed by atoms with E-state index in [-0.39, 0.29) is 0 Å². The van der Waals surface area contributed by atoms with Crippen molar-refractivity contribution in [1.82, 2.24) is 20.6 Å². The molecular formula is C32H38N4O6. The summed E-state index contributed by atoms with van der Waals surface area (Å²) in [5.41, 5.74) is 4.08. The molecule has 1 unspecified atom stereocenters. The van der Waals surface area contributed by atoms with E-state index < -0.39 is 29.6 Å². The molecule has 0 saturated carbocycles. The SMILES string of the molecule is CNC(=O)[C@@](C)(C(=O)NOC1CCCCO1)N(C)C(=O)c1ccc(C#Cc2ccc(CN3CC4(COC4)C3)cc2)cc1. The Kier molecular flexibility index (Phi) is 8.94. The molecule has 2 atom stereocenters. The van der Waals surface area contributed by atoms with Gasteiger partial charge in [-0.25, -0.2) is 10.3 Å². The molecule has 1 spiro atoms. The molecule has 0 aromatic heterocycles. The fourth-order valence-corrected chi connectivity index (χ4v) is 5.45. The Bertz CT molecular complexity index is 1350. The van der Waals surface area contributed by atoms with Crippen LogP contribution in [0.3, 0.4) is 0 Å². The van der Waals surface area contributed by atoms with Crippen molar-refractivity contribution in [3.63, 3.8) is 0 Å². The van der Waals surface area contributed by atoms with Crippen LogP contribution in [-0.4, -0.2) is 86.4 Å². The third-order valence-corrected chi connectivity index (χ3v) is 8.29. The predicted octanol–water partition coefficient (Wildman–Crippen LogP) is 2.07. The molecule has 3 heterocycles. The number of nitrogens with one attached hydrogen (secondary N) is 2. The van der Waals surface area contributed by atoms with Crippen molar-refractivity contribution in [3.05, 3.63) is 70.8 Å². The van der Waals surface area contributed by atoms with Crippen molar-refractivity contribution in [3.8, 4) is 11.8 Å². The average molecular weight is 575 g/mol. The number of amides is 3. The zero-order valence-corrected chi connectivity index (χ0v) is 24.4. The molecule has 10 nitrogen and oxygen atoms in total. The van der Waals surface area contributed by atoms with E-state index in [1.54, 1.807) is 24.3 Å². The molecule has 0 aliphatic carbocycles. The first-order valence-corrected chi connectivity index (χ1v) is 14.3. The topological polar surface area (TPSA) is 109 Å². The van der Waals surface area contributed by atoms with E-state index in [1.165, 1.54) is 26.6 Å². The van der Waals surface area contributed by atoms with Gasteiger partial charge in [-0.3, -0.25) is 19.3 Å². The van der Waals surface area contributed by atoms with E-state index in [1.807, 2.05) is 12.1 Å². The second-order valence-corrected chi connectivity index (χ2v) is 11.5. The molecule has 222 valence electrons. The quantitative estimate of drug-likeness (QED) is 0.282. The number of benzene rings is 2. The van der Waals surface area contributed by atoms with Crippen LogP contribution in [0.2, 0.25) is 0 Å². The van der Waals surface area contributed by atoms with E-state index >= 15 is 0 Å². The number of hydrogen-bond donors (Lipinski definition) is 2. The van der Waals surface area contributed by atoms with Crippen LogP contribution in [0.4, 0.5) is 0 Å². The minimum atomic E-state index is -1.87.